The molecule has 0 aromatic heterocycles. The molecule has 0 amide bonds. The first kappa shape index (κ1) is 14.8. The largest absolute Gasteiger partial charge is 0.330 e. The van der Waals surface area contributed by atoms with Gasteiger partial charge in [-0.15, -0.1) is 0 Å². The van der Waals surface area contributed by atoms with Crippen molar-refractivity contribution in [1.29, 1.82) is 0 Å². The standard InChI is InChI=1S/C12H19BrN2OS/c1-12(2,17(15)16)7-10(8-14)9-4-3-5-11(13)6-9/h3-6,10H,7-8,14-15H2,1-2H3/t10-,17?/m1/s1. The van der Waals surface area contributed by atoms with Gasteiger partial charge in [0.25, 0.3) is 0 Å². The van der Waals surface area contributed by atoms with Gasteiger partial charge in [0.15, 0.2) is 0 Å². The fourth-order valence-electron chi connectivity index (χ4n) is 1.77. The minimum Gasteiger partial charge on any atom is -0.330 e. The maximum Gasteiger partial charge on any atom is 0.0945 e. The van der Waals surface area contributed by atoms with Gasteiger partial charge >= 0.3 is 0 Å². The van der Waals surface area contributed by atoms with E-state index in [2.05, 4.69) is 15.9 Å². The molecule has 4 N–H and O–H groups in total. The number of hydrogen-bond donors (Lipinski definition) is 2. The Kier molecular flexibility index (Phi) is 5.31. The summed E-state index contributed by atoms with van der Waals surface area (Å²) in [5.41, 5.74) is 6.96. The van der Waals surface area contributed by atoms with Gasteiger partial charge in [0, 0.05) is 4.47 Å². The van der Waals surface area contributed by atoms with Crippen LogP contribution in [-0.4, -0.2) is 15.5 Å². The van der Waals surface area contributed by atoms with E-state index in [-0.39, 0.29) is 5.92 Å². The first-order valence-corrected chi connectivity index (χ1v) is 7.49. The summed E-state index contributed by atoms with van der Waals surface area (Å²) in [6.45, 7) is 4.34. The van der Waals surface area contributed by atoms with Crippen molar-refractivity contribution in [2.75, 3.05) is 6.54 Å². The normalized spacial score (nSPS) is 15.6. The molecule has 0 fully saturated rings. The summed E-state index contributed by atoms with van der Waals surface area (Å²) in [5.74, 6) is 0.176. The van der Waals surface area contributed by atoms with Gasteiger partial charge in [-0.2, -0.15) is 0 Å². The molecular weight excluding hydrogens is 300 g/mol. The third-order valence-electron chi connectivity index (χ3n) is 2.89. The Labute approximate surface area is 114 Å². The minimum atomic E-state index is -1.34. The number of benzene rings is 1. The lowest BCUT2D eigenvalue weighted by Gasteiger charge is -2.27. The molecule has 1 aromatic carbocycles. The lowest BCUT2D eigenvalue weighted by molar-refractivity contribution is 0.522. The molecule has 17 heavy (non-hydrogen) atoms. The van der Waals surface area contributed by atoms with Crippen molar-refractivity contribution in [3.63, 3.8) is 0 Å². The Morgan fingerprint density at radius 3 is 2.59 bits per heavy atom. The van der Waals surface area contributed by atoms with E-state index in [0.717, 1.165) is 10.0 Å². The molecular formula is C12H19BrN2OS. The Hall–Kier alpha value is -0.230. The molecule has 1 aromatic rings. The number of hydrogen-bond acceptors (Lipinski definition) is 2. The molecule has 0 saturated heterocycles. The van der Waals surface area contributed by atoms with Gasteiger partial charge in [-0.05, 0) is 50.4 Å². The van der Waals surface area contributed by atoms with E-state index in [4.69, 9.17) is 10.9 Å². The average Bonchev–Trinajstić information content (AvgIpc) is 2.25. The fraction of sp³-hybridized carbons (Fsp3) is 0.500. The van der Waals surface area contributed by atoms with E-state index < -0.39 is 15.7 Å². The smallest absolute Gasteiger partial charge is 0.0945 e. The summed E-state index contributed by atoms with van der Waals surface area (Å²) < 4.78 is 12.1. The molecule has 0 heterocycles. The molecule has 0 aliphatic heterocycles. The Morgan fingerprint density at radius 2 is 2.12 bits per heavy atom. The summed E-state index contributed by atoms with van der Waals surface area (Å²) in [7, 11) is -1.34. The van der Waals surface area contributed by atoms with Crippen LogP contribution < -0.4 is 10.9 Å². The van der Waals surface area contributed by atoms with Crippen molar-refractivity contribution < 1.29 is 4.21 Å². The van der Waals surface area contributed by atoms with Crippen LogP contribution in [-0.2, 0) is 11.0 Å². The molecule has 0 aliphatic carbocycles. The topological polar surface area (TPSA) is 69.1 Å². The van der Waals surface area contributed by atoms with Crippen LogP contribution in [0, 0.1) is 0 Å². The quantitative estimate of drug-likeness (QED) is 0.874. The predicted molar refractivity (Wildman–Crippen MR) is 77.0 cm³/mol. The summed E-state index contributed by atoms with van der Waals surface area (Å²) in [6, 6.07) is 8.04. The molecule has 5 heteroatoms. The highest BCUT2D eigenvalue weighted by molar-refractivity contribution is 9.10. The van der Waals surface area contributed by atoms with Crippen LogP contribution in [0.3, 0.4) is 0 Å². The summed E-state index contributed by atoms with van der Waals surface area (Å²) in [5, 5.41) is 5.50. The van der Waals surface area contributed by atoms with Gasteiger partial charge in [0.05, 0.1) is 15.7 Å². The van der Waals surface area contributed by atoms with Gasteiger partial charge in [-0.3, -0.25) is 5.14 Å². The second kappa shape index (κ2) is 6.09. The molecule has 0 bridgehead atoms. The van der Waals surface area contributed by atoms with E-state index in [1.54, 1.807) is 0 Å². The predicted octanol–water partition coefficient (Wildman–Crippen LogP) is 2.28. The lowest BCUT2D eigenvalue weighted by atomic mass is 9.90. The first-order chi connectivity index (χ1) is 7.86. The van der Waals surface area contributed by atoms with E-state index in [1.165, 1.54) is 0 Å². The molecule has 96 valence electrons. The molecule has 0 aliphatic rings. The van der Waals surface area contributed by atoms with Crippen LogP contribution in [0.15, 0.2) is 28.7 Å². The maximum atomic E-state index is 11.5. The highest BCUT2D eigenvalue weighted by Crippen LogP contribution is 2.29. The first-order valence-electron chi connectivity index (χ1n) is 5.48. The fourth-order valence-corrected chi connectivity index (χ4v) is 2.56. The van der Waals surface area contributed by atoms with Crippen LogP contribution in [0.25, 0.3) is 0 Å². The highest BCUT2D eigenvalue weighted by atomic mass is 79.9. The monoisotopic (exact) mass is 318 g/mol. The second-order valence-corrected chi connectivity index (χ2v) is 7.36. The lowest BCUT2D eigenvalue weighted by Crippen LogP contribution is -2.35. The van der Waals surface area contributed by atoms with Crippen LogP contribution in [0.2, 0.25) is 0 Å². The molecule has 3 nitrogen and oxygen atoms in total. The maximum absolute atomic E-state index is 11.5. The van der Waals surface area contributed by atoms with E-state index >= 15 is 0 Å². The number of halogens is 1. The zero-order valence-corrected chi connectivity index (χ0v) is 12.6. The van der Waals surface area contributed by atoms with Crippen molar-refractivity contribution in [2.45, 2.75) is 30.9 Å². The van der Waals surface area contributed by atoms with Crippen molar-refractivity contribution >= 4 is 26.9 Å². The molecule has 0 saturated carbocycles. The van der Waals surface area contributed by atoms with Crippen LogP contribution in [0.5, 0.6) is 0 Å². The van der Waals surface area contributed by atoms with Gasteiger partial charge in [-0.25, -0.2) is 4.21 Å². The van der Waals surface area contributed by atoms with Crippen molar-refractivity contribution in [3.8, 4) is 0 Å². The number of nitrogens with two attached hydrogens (primary N) is 2. The van der Waals surface area contributed by atoms with E-state index in [1.807, 2.05) is 38.1 Å². The zero-order chi connectivity index (χ0) is 13.1. The minimum absolute atomic E-state index is 0.176. The highest BCUT2D eigenvalue weighted by Gasteiger charge is 2.28. The Balaban J connectivity index is 2.90. The van der Waals surface area contributed by atoms with Crippen LogP contribution in [0.4, 0.5) is 0 Å². The van der Waals surface area contributed by atoms with Gasteiger partial charge in [-0.1, -0.05) is 28.1 Å². The SMILES string of the molecule is CC(C)(C[C@H](CN)c1cccc(Br)c1)S(N)=O. The summed E-state index contributed by atoms with van der Waals surface area (Å²) in [6.07, 6.45) is 0.711. The van der Waals surface area contributed by atoms with Gasteiger partial charge < -0.3 is 5.73 Å². The Morgan fingerprint density at radius 1 is 1.47 bits per heavy atom. The number of rotatable bonds is 5. The van der Waals surface area contributed by atoms with E-state index in [9.17, 15) is 4.21 Å². The third-order valence-corrected chi connectivity index (χ3v) is 4.64. The van der Waals surface area contributed by atoms with Gasteiger partial charge in [0.2, 0.25) is 0 Å². The van der Waals surface area contributed by atoms with Crippen molar-refractivity contribution in [3.05, 3.63) is 34.3 Å². The van der Waals surface area contributed by atoms with Gasteiger partial charge in [0.1, 0.15) is 0 Å². The van der Waals surface area contributed by atoms with E-state index in [0.29, 0.717) is 13.0 Å². The summed E-state index contributed by atoms with van der Waals surface area (Å²) >= 11 is 3.44. The molecule has 0 spiro atoms. The molecule has 1 rings (SSSR count). The average molecular weight is 319 g/mol. The molecule has 0 radical (unpaired) electrons. The molecule has 2 atom stereocenters. The van der Waals surface area contributed by atoms with Crippen molar-refractivity contribution in [2.24, 2.45) is 10.9 Å². The van der Waals surface area contributed by atoms with Crippen LogP contribution in [0.1, 0.15) is 31.7 Å². The van der Waals surface area contributed by atoms with Crippen LogP contribution >= 0.6 is 15.9 Å². The third kappa shape index (κ3) is 4.17. The molecule has 1 unspecified atom stereocenters. The Bertz CT molecular complexity index is 409. The van der Waals surface area contributed by atoms with Crippen molar-refractivity contribution in [1.82, 2.24) is 0 Å². The zero-order valence-electron chi connectivity index (χ0n) is 10.2. The second-order valence-electron chi connectivity index (χ2n) is 4.75. The summed E-state index contributed by atoms with van der Waals surface area (Å²) in [4.78, 5) is 0.